The number of fused-ring (bicyclic) bond motifs is 2. The molecular formula is C26H30N2O2. The Morgan fingerprint density at radius 2 is 1.73 bits per heavy atom. The van der Waals surface area contributed by atoms with E-state index in [0.717, 1.165) is 62.1 Å². The molecule has 30 heavy (non-hydrogen) atoms. The van der Waals surface area contributed by atoms with Crippen molar-refractivity contribution >= 4 is 11.7 Å². The molecule has 0 bridgehead atoms. The third kappa shape index (κ3) is 3.81. The minimum absolute atomic E-state index is 0.139. The zero-order valence-corrected chi connectivity index (χ0v) is 17.6. The van der Waals surface area contributed by atoms with Crippen molar-refractivity contribution in [1.82, 2.24) is 9.80 Å². The summed E-state index contributed by atoms with van der Waals surface area (Å²) in [6, 6.07) is 14.8. The standard InChI is InChI=1S/C26H30N2O2/c29-25-9-5-7-21-16-19(10-11-23(21)25)17-26(30)28-15-12-20-6-1-2-8-22(20)24(28)18-27-13-3-4-14-27/h1-2,6,8,10-11,16,24H,3-5,7,9,12-15,17-18H2. The van der Waals surface area contributed by atoms with Gasteiger partial charge in [-0.15, -0.1) is 0 Å². The van der Waals surface area contributed by atoms with E-state index in [9.17, 15) is 9.59 Å². The van der Waals surface area contributed by atoms with Crippen LogP contribution in [0.3, 0.4) is 0 Å². The average Bonchev–Trinajstić information content (AvgIpc) is 3.27. The molecule has 2 aromatic rings. The second kappa shape index (κ2) is 8.35. The molecule has 1 atom stereocenters. The molecule has 1 fully saturated rings. The maximum Gasteiger partial charge on any atom is 0.227 e. The molecule has 4 heteroatoms. The first-order valence-electron chi connectivity index (χ1n) is 11.4. The molecule has 0 aromatic heterocycles. The first-order valence-corrected chi connectivity index (χ1v) is 11.4. The Hall–Kier alpha value is -2.46. The van der Waals surface area contributed by atoms with Crippen molar-refractivity contribution in [3.63, 3.8) is 0 Å². The zero-order valence-electron chi connectivity index (χ0n) is 17.6. The van der Waals surface area contributed by atoms with E-state index in [-0.39, 0.29) is 17.7 Å². The second-order valence-corrected chi connectivity index (χ2v) is 9.00. The summed E-state index contributed by atoms with van der Waals surface area (Å²) in [6.07, 6.45) is 6.38. The summed E-state index contributed by atoms with van der Waals surface area (Å²) in [5, 5.41) is 0. The molecule has 0 N–H and O–H groups in total. The van der Waals surface area contributed by atoms with Gasteiger partial charge in [-0.25, -0.2) is 0 Å². The van der Waals surface area contributed by atoms with Gasteiger partial charge in [0.1, 0.15) is 0 Å². The molecule has 1 unspecified atom stereocenters. The highest BCUT2D eigenvalue weighted by molar-refractivity contribution is 5.98. The summed E-state index contributed by atoms with van der Waals surface area (Å²) in [5.41, 5.74) is 5.72. The van der Waals surface area contributed by atoms with Crippen LogP contribution >= 0.6 is 0 Å². The Labute approximate surface area is 178 Å². The van der Waals surface area contributed by atoms with Gasteiger partial charge in [0.15, 0.2) is 5.78 Å². The Bertz CT molecular complexity index is 961. The lowest BCUT2D eigenvalue weighted by Crippen LogP contribution is -2.45. The summed E-state index contributed by atoms with van der Waals surface area (Å²) in [7, 11) is 0. The molecule has 2 aliphatic heterocycles. The smallest absolute Gasteiger partial charge is 0.227 e. The fourth-order valence-electron chi connectivity index (χ4n) is 5.44. The van der Waals surface area contributed by atoms with Gasteiger partial charge in [0.2, 0.25) is 5.91 Å². The number of Topliss-reactive ketones (excluding diaryl/α,β-unsaturated/α-hetero) is 1. The van der Waals surface area contributed by atoms with E-state index in [1.54, 1.807) is 0 Å². The van der Waals surface area contributed by atoms with E-state index in [2.05, 4.69) is 40.1 Å². The zero-order chi connectivity index (χ0) is 20.5. The molecule has 3 aliphatic rings. The number of amides is 1. The van der Waals surface area contributed by atoms with Gasteiger partial charge in [-0.2, -0.15) is 0 Å². The molecule has 1 amide bonds. The van der Waals surface area contributed by atoms with E-state index < -0.39 is 0 Å². The number of hydrogen-bond acceptors (Lipinski definition) is 3. The fourth-order valence-corrected chi connectivity index (χ4v) is 5.44. The van der Waals surface area contributed by atoms with Crippen LogP contribution in [0, 0.1) is 0 Å². The van der Waals surface area contributed by atoms with Crippen molar-refractivity contribution < 1.29 is 9.59 Å². The molecule has 4 nitrogen and oxygen atoms in total. The lowest BCUT2D eigenvalue weighted by atomic mass is 9.88. The summed E-state index contributed by atoms with van der Waals surface area (Å²) in [4.78, 5) is 30.2. The van der Waals surface area contributed by atoms with Crippen LogP contribution in [0.4, 0.5) is 0 Å². The van der Waals surface area contributed by atoms with Gasteiger partial charge in [0.25, 0.3) is 0 Å². The lowest BCUT2D eigenvalue weighted by Gasteiger charge is -2.39. The van der Waals surface area contributed by atoms with Crippen LogP contribution in [-0.2, 0) is 24.1 Å². The van der Waals surface area contributed by atoms with Gasteiger partial charge < -0.3 is 9.80 Å². The quantitative estimate of drug-likeness (QED) is 0.777. The summed E-state index contributed by atoms with van der Waals surface area (Å²) >= 11 is 0. The number of benzene rings is 2. The predicted molar refractivity (Wildman–Crippen MR) is 118 cm³/mol. The van der Waals surface area contributed by atoms with Crippen LogP contribution < -0.4 is 0 Å². The molecule has 1 aliphatic carbocycles. The molecule has 156 valence electrons. The number of aryl methyl sites for hydroxylation is 1. The van der Waals surface area contributed by atoms with Crippen LogP contribution in [0.1, 0.15) is 64.3 Å². The van der Waals surface area contributed by atoms with E-state index in [0.29, 0.717) is 12.8 Å². The SMILES string of the molecule is O=C1CCCc2cc(CC(=O)N3CCc4ccccc4C3CN3CCCC3)ccc21. The van der Waals surface area contributed by atoms with Gasteiger partial charge in [-0.05, 0) is 67.4 Å². The molecular weight excluding hydrogens is 372 g/mol. The Morgan fingerprint density at radius 1 is 0.900 bits per heavy atom. The molecule has 0 radical (unpaired) electrons. The molecule has 2 aromatic carbocycles. The van der Waals surface area contributed by atoms with Gasteiger partial charge in [0, 0.05) is 25.1 Å². The number of carbonyl (C=O) groups is 2. The minimum Gasteiger partial charge on any atom is -0.334 e. The summed E-state index contributed by atoms with van der Waals surface area (Å²) in [6.45, 7) is 4.00. The topological polar surface area (TPSA) is 40.6 Å². The van der Waals surface area contributed by atoms with Crippen LogP contribution in [-0.4, -0.2) is 47.7 Å². The van der Waals surface area contributed by atoms with Crippen LogP contribution in [0.2, 0.25) is 0 Å². The third-order valence-electron chi connectivity index (χ3n) is 7.04. The van der Waals surface area contributed by atoms with Crippen molar-refractivity contribution in [3.8, 4) is 0 Å². The van der Waals surface area contributed by atoms with Gasteiger partial charge in [-0.3, -0.25) is 9.59 Å². The minimum atomic E-state index is 0.139. The highest BCUT2D eigenvalue weighted by Crippen LogP contribution is 2.32. The first kappa shape index (κ1) is 19.5. The van der Waals surface area contributed by atoms with E-state index in [4.69, 9.17) is 0 Å². The molecule has 5 rings (SSSR count). The van der Waals surface area contributed by atoms with E-state index in [1.165, 1.54) is 24.0 Å². The molecule has 1 saturated heterocycles. The highest BCUT2D eigenvalue weighted by atomic mass is 16.2. The number of ketones is 1. The fraction of sp³-hybridized carbons (Fsp3) is 0.462. The maximum absolute atomic E-state index is 13.4. The monoisotopic (exact) mass is 402 g/mol. The van der Waals surface area contributed by atoms with Crippen LogP contribution in [0.15, 0.2) is 42.5 Å². The molecule has 0 saturated carbocycles. The van der Waals surface area contributed by atoms with Crippen LogP contribution in [0.5, 0.6) is 0 Å². The van der Waals surface area contributed by atoms with Crippen molar-refractivity contribution in [2.75, 3.05) is 26.2 Å². The number of hydrogen-bond donors (Lipinski definition) is 0. The van der Waals surface area contributed by atoms with Crippen LogP contribution in [0.25, 0.3) is 0 Å². The first-order chi connectivity index (χ1) is 14.7. The van der Waals surface area contributed by atoms with Crippen molar-refractivity contribution in [2.24, 2.45) is 0 Å². The Balaban J connectivity index is 1.37. The van der Waals surface area contributed by atoms with Gasteiger partial charge >= 0.3 is 0 Å². The van der Waals surface area contributed by atoms with Gasteiger partial charge in [-0.1, -0.05) is 42.5 Å². The third-order valence-corrected chi connectivity index (χ3v) is 7.04. The lowest BCUT2D eigenvalue weighted by molar-refractivity contribution is -0.133. The van der Waals surface area contributed by atoms with Crippen molar-refractivity contribution in [1.29, 1.82) is 0 Å². The highest BCUT2D eigenvalue weighted by Gasteiger charge is 2.32. The maximum atomic E-state index is 13.4. The largest absolute Gasteiger partial charge is 0.334 e. The average molecular weight is 403 g/mol. The normalized spacial score (nSPS) is 21.4. The second-order valence-electron chi connectivity index (χ2n) is 9.00. The number of nitrogens with zero attached hydrogens (tertiary/aromatic N) is 2. The number of carbonyl (C=O) groups excluding carboxylic acids is 2. The number of likely N-dealkylation sites (tertiary alicyclic amines) is 1. The summed E-state index contributed by atoms with van der Waals surface area (Å²) < 4.78 is 0. The number of rotatable bonds is 4. The molecule has 2 heterocycles. The molecule has 0 spiro atoms. The summed E-state index contributed by atoms with van der Waals surface area (Å²) in [5.74, 6) is 0.447. The van der Waals surface area contributed by atoms with E-state index in [1.807, 2.05) is 12.1 Å². The van der Waals surface area contributed by atoms with Gasteiger partial charge in [0.05, 0.1) is 12.5 Å². The van der Waals surface area contributed by atoms with E-state index >= 15 is 0 Å². The van der Waals surface area contributed by atoms with Crippen molar-refractivity contribution in [2.45, 2.75) is 51.0 Å². The Kier molecular flexibility index (Phi) is 5.43. The predicted octanol–water partition coefficient (Wildman–Crippen LogP) is 3.97. The van der Waals surface area contributed by atoms with Crippen molar-refractivity contribution in [3.05, 3.63) is 70.3 Å². The Morgan fingerprint density at radius 3 is 2.60 bits per heavy atom.